The molecule has 0 fully saturated rings. The van der Waals surface area contributed by atoms with Gasteiger partial charge in [0.2, 0.25) is 0 Å². The zero-order chi connectivity index (χ0) is 10.6. The molecule has 1 aromatic carbocycles. The van der Waals surface area contributed by atoms with Gasteiger partial charge in [0.15, 0.2) is 0 Å². The van der Waals surface area contributed by atoms with Crippen molar-refractivity contribution in [1.82, 2.24) is 0 Å². The van der Waals surface area contributed by atoms with E-state index in [0.717, 1.165) is 0 Å². The maximum Gasteiger partial charge on any atom is 0.330 e. The molecule has 1 rings (SSSR count). The molecule has 14 heavy (non-hydrogen) atoms. The van der Waals surface area contributed by atoms with Gasteiger partial charge in [-0.05, 0) is 17.7 Å². The van der Waals surface area contributed by atoms with Crippen molar-refractivity contribution in [1.29, 1.82) is 0 Å². The highest BCUT2D eigenvalue weighted by Crippen LogP contribution is 2.20. The molecule has 0 unspecified atom stereocenters. The van der Waals surface area contributed by atoms with Crippen LogP contribution in [0.5, 0.6) is 0 Å². The monoisotopic (exact) mass is 214 g/mol. The second-order valence-electron chi connectivity index (χ2n) is 2.50. The van der Waals surface area contributed by atoms with E-state index in [-0.39, 0.29) is 5.02 Å². The van der Waals surface area contributed by atoms with E-state index in [4.69, 9.17) is 11.6 Å². The van der Waals surface area contributed by atoms with E-state index >= 15 is 0 Å². The number of carbonyl (C=O) groups is 1. The van der Waals surface area contributed by atoms with E-state index in [1.807, 2.05) is 0 Å². The Balaban J connectivity index is 2.92. The second-order valence-corrected chi connectivity index (χ2v) is 2.88. The molecule has 0 saturated heterocycles. The van der Waals surface area contributed by atoms with Gasteiger partial charge < -0.3 is 4.74 Å². The maximum absolute atomic E-state index is 12.9. The molecule has 74 valence electrons. The Morgan fingerprint density at radius 1 is 1.57 bits per heavy atom. The number of ether oxygens (including phenoxy) is 1. The van der Waals surface area contributed by atoms with E-state index in [9.17, 15) is 9.18 Å². The van der Waals surface area contributed by atoms with Crippen LogP contribution in [-0.2, 0) is 9.53 Å². The summed E-state index contributed by atoms with van der Waals surface area (Å²) in [4.78, 5) is 10.7. The molecule has 0 spiro atoms. The second kappa shape index (κ2) is 4.77. The standard InChI is InChI=1S/C10H8ClFO2/c1-14-9(13)6-5-7-3-2-4-8(12)10(7)11/h2-6H,1H3. The highest BCUT2D eigenvalue weighted by atomic mass is 35.5. The van der Waals surface area contributed by atoms with Gasteiger partial charge in [-0.3, -0.25) is 0 Å². The van der Waals surface area contributed by atoms with Crippen molar-refractivity contribution in [3.8, 4) is 0 Å². The zero-order valence-electron chi connectivity index (χ0n) is 7.46. The fourth-order valence-corrected chi connectivity index (χ4v) is 1.06. The van der Waals surface area contributed by atoms with Gasteiger partial charge in [-0.1, -0.05) is 23.7 Å². The van der Waals surface area contributed by atoms with Crippen molar-refractivity contribution in [2.45, 2.75) is 0 Å². The third-order valence-electron chi connectivity index (χ3n) is 1.58. The molecule has 0 bridgehead atoms. The molecule has 0 saturated carbocycles. The molecule has 4 heteroatoms. The fourth-order valence-electron chi connectivity index (χ4n) is 0.875. The van der Waals surface area contributed by atoms with Crippen LogP contribution in [0, 0.1) is 5.82 Å². The lowest BCUT2D eigenvalue weighted by Gasteiger charge is -1.98. The number of halogens is 2. The molecule has 0 radical (unpaired) electrons. The summed E-state index contributed by atoms with van der Waals surface area (Å²) in [5, 5.41) is -0.00680. The number of hydrogen-bond donors (Lipinski definition) is 0. The first kappa shape index (κ1) is 10.7. The predicted octanol–water partition coefficient (Wildman–Crippen LogP) is 2.67. The summed E-state index contributed by atoms with van der Waals surface area (Å²) in [5.41, 5.74) is 0.442. The van der Waals surface area contributed by atoms with Gasteiger partial charge in [0.25, 0.3) is 0 Å². The zero-order valence-corrected chi connectivity index (χ0v) is 8.22. The Bertz CT molecular complexity index is 374. The molecule has 0 N–H and O–H groups in total. The van der Waals surface area contributed by atoms with E-state index < -0.39 is 11.8 Å². The highest BCUT2D eigenvalue weighted by molar-refractivity contribution is 6.32. The van der Waals surface area contributed by atoms with Crippen LogP contribution in [0.1, 0.15) is 5.56 Å². The summed E-state index contributed by atoms with van der Waals surface area (Å²) in [6, 6.07) is 4.36. The summed E-state index contributed by atoms with van der Waals surface area (Å²) in [7, 11) is 1.26. The van der Waals surface area contributed by atoms with E-state index in [2.05, 4.69) is 4.74 Å². The third kappa shape index (κ3) is 2.57. The topological polar surface area (TPSA) is 26.3 Å². The van der Waals surface area contributed by atoms with Crippen molar-refractivity contribution < 1.29 is 13.9 Å². The average molecular weight is 215 g/mol. The Kier molecular flexibility index (Phi) is 3.65. The van der Waals surface area contributed by atoms with Crippen LogP contribution in [0.3, 0.4) is 0 Å². The Hall–Kier alpha value is -1.35. The Labute approximate surface area is 85.9 Å². The van der Waals surface area contributed by atoms with Gasteiger partial charge in [0.1, 0.15) is 5.82 Å². The fraction of sp³-hybridized carbons (Fsp3) is 0.100. The molecule has 0 heterocycles. The van der Waals surface area contributed by atoms with Crippen molar-refractivity contribution >= 4 is 23.6 Å². The number of carbonyl (C=O) groups excluding carboxylic acids is 1. The first-order chi connectivity index (χ1) is 6.65. The van der Waals surface area contributed by atoms with E-state index in [0.29, 0.717) is 5.56 Å². The number of benzene rings is 1. The Morgan fingerprint density at radius 3 is 2.93 bits per heavy atom. The van der Waals surface area contributed by atoms with Gasteiger partial charge in [-0.15, -0.1) is 0 Å². The van der Waals surface area contributed by atoms with E-state index in [1.54, 1.807) is 6.07 Å². The third-order valence-corrected chi connectivity index (χ3v) is 1.98. The number of esters is 1. The summed E-state index contributed by atoms with van der Waals surface area (Å²) < 4.78 is 17.3. The summed E-state index contributed by atoms with van der Waals surface area (Å²) in [5.74, 6) is -1.02. The highest BCUT2D eigenvalue weighted by Gasteiger charge is 2.02. The van der Waals surface area contributed by atoms with Gasteiger partial charge in [-0.25, -0.2) is 9.18 Å². The summed E-state index contributed by atoms with van der Waals surface area (Å²) in [6.45, 7) is 0. The normalized spacial score (nSPS) is 10.5. The van der Waals surface area contributed by atoms with Crippen molar-refractivity contribution in [3.05, 3.63) is 40.7 Å². The van der Waals surface area contributed by atoms with Crippen LogP contribution in [0.4, 0.5) is 4.39 Å². The molecule has 0 aliphatic heterocycles. The molecule has 0 aliphatic rings. The minimum absolute atomic E-state index is 0.00680. The number of rotatable bonds is 2. The van der Waals surface area contributed by atoms with Crippen LogP contribution in [-0.4, -0.2) is 13.1 Å². The van der Waals surface area contributed by atoms with Crippen LogP contribution in [0.25, 0.3) is 6.08 Å². The summed E-state index contributed by atoms with van der Waals surface area (Å²) >= 11 is 5.64. The van der Waals surface area contributed by atoms with Crippen molar-refractivity contribution in [3.63, 3.8) is 0 Å². The molecule has 0 aliphatic carbocycles. The maximum atomic E-state index is 12.9. The van der Waals surface area contributed by atoms with Crippen LogP contribution in [0.2, 0.25) is 5.02 Å². The SMILES string of the molecule is COC(=O)C=Cc1cccc(F)c1Cl. The van der Waals surface area contributed by atoms with Gasteiger partial charge in [0.05, 0.1) is 12.1 Å². The Morgan fingerprint density at radius 2 is 2.29 bits per heavy atom. The lowest BCUT2D eigenvalue weighted by Crippen LogP contribution is -1.93. The lowest BCUT2D eigenvalue weighted by molar-refractivity contribution is -0.134. The van der Waals surface area contributed by atoms with Crippen molar-refractivity contribution in [2.24, 2.45) is 0 Å². The molecule has 0 atom stereocenters. The first-order valence-corrected chi connectivity index (χ1v) is 4.23. The van der Waals surface area contributed by atoms with Crippen LogP contribution >= 0.6 is 11.6 Å². The smallest absolute Gasteiger partial charge is 0.330 e. The molecule has 0 amide bonds. The average Bonchev–Trinajstić information content (AvgIpc) is 2.20. The quantitative estimate of drug-likeness (QED) is 0.559. The molecule has 1 aromatic rings. The minimum Gasteiger partial charge on any atom is -0.466 e. The summed E-state index contributed by atoms with van der Waals surface area (Å²) in [6.07, 6.45) is 2.58. The van der Waals surface area contributed by atoms with Crippen LogP contribution < -0.4 is 0 Å². The van der Waals surface area contributed by atoms with Gasteiger partial charge in [-0.2, -0.15) is 0 Å². The lowest BCUT2D eigenvalue weighted by atomic mass is 10.2. The van der Waals surface area contributed by atoms with E-state index in [1.165, 1.54) is 31.4 Å². The predicted molar refractivity (Wildman–Crippen MR) is 52.5 cm³/mol. The van der Waals surface area contributed by atoms with Gasteiger partial charge >= 0.3 is 5.97 Å². The molecule has 0 aromatic heterocycles. The number of methoxy groups -OCH3 is 1. The molecular weight excluding hydrogens is 207 g/mol. The molecule has 2 nitrogen and oxygen atoms in total. The molecular formula is C10H8ClFO2. The van der Waals surface area contributed by atoms with Crippen LogP contribution in [0.15, 0.2) is 24.3 Å². The first-order valence-electron chi connectivity index (χ1n) is 3.85. The van der Waals surface area contributed by atoms with Gasteiger partial charge in [0, 0.05) is 6.08 Å². The largest absolute Gasteiger partial charge is 0.466 e. The minimum atomic E-state index is -0.515. The number of hydrogen-bond acceptors (Lipinski definition) is 2. The van der Waals surface area contributed by atoms with Crippen molar-refractivity contribution in [2.75, 3.05) is 7.11 Å².